The molecule has 46 heavy (non-hydrogen) atoms. The van der Waals surface area contributed by atoms with E-state index in [2.05, 4.69) is 10.6 Å². The Morgan fingerprint density at radius 1 is 0.609 bits per heavy atom. The van der Waals surface area contributed by atoms with Crippen LogP contribution in [-0.4, -0.2) is 24.7 Å². The molecule has 0 spiro atoms. The van der Waals surface area contributed by atoms with Crippen LogP contribution in [0, 0.1) is 5.92 Å². The SMILES string of the molecule is O=C(O)C1CCC(S(=O)(=O)c2ccccc2C2c3ccc(Nc4ccccc4)cc3Oc3cc(Nc4ccccc4)ccc32)CC1. The van der Waals surface area contributed by atoms with E-state index >= 15 is 0 Å². The highest BCUT2D eigenvalue weighted by Gasteiger charge is 2.38. The number of carboxylic acid groups (broad SMARTS) is 1. The van der Waals surface area contributed by atoms with Crippen molar-refractivity contribution >= 4 is 38.6 Å². The lowest BCUT2D eigenvalue weighted by Crippen LogP contribution is -2.31. The van der Waals surface area contributed by atoms with Crippen LogP contribution in [0.15, 0.2) is 126 Å². The van der Waals surface area contributed by atoms with Gasteiger partial charge in [0.2, 0.25) is 0 Å². The Morgan fingerprint density at radius 2 is 1.11 bits per heavy atom. The summed E-state index contributed by atoms with van der Waals surface area (Å²) in [4.78, 5) is 11.8. The molecule has 1 aliphatic carbocycles. The maximum atomic E-state index is 14.3. The zero-order chi connectivity index (χ0) is 31.7. The predicted octanol–water partition coefficient (Wildman–Crippen LogP) is 8.88. The van der Waals surface area contributed by atoms with Crippen molar-refractivity contribution in [2.45, 2.75) is 41.7 Å². The first-order valence-corrected chi connectivity index (χ1v) is 17.1. The molecule has 1 fully saturated rings. The molecule has 3 N–H and O–H groups in total. The number of sulfone groups is 1. The van der Waals surface area contributed by atoms with Gasteiger partial charge in [-0.2, -0.15) is 0 Å². The van der Waals surface area contributed by atoms with Crippen LogP contribution in [0.25, 0.3) is 0 Å². The van der Waals surface area contributed by atoms with E-state index in [-0.39, 0.29) is 4.90 Å². The highest BCUT2D eigenvalue weighted by Crippen LogP contribution is 2.51. The largest absolute Gasteiger partial charge is 0.481 e. The van der Waals surface area contributed by atoms with Crippen molar-refractivity contribution in [1.29, 1.82) is 0 Å². The van der Waals surface area contributed by atoms with Crippen molar-refractivity contribution in [3.05, 3.63) is 138 Å². The first kappa shape index (κ1) is 29.6. The number of fused-ring (bicyclic) bond motifs is 2. The van der Waals surface area contributed by atoms with Gasteiger partial charge in [-0.25, -0.2) is 8.42 Å². The Hall–Kier alpha value is -5.08. The number of hydrogen-bond acceptors (Lipinski definition) is 6. The molecule has 0 atom stereocenters. The molecule has 7 rings (SSSR count). The molecule has 5 aromatic carbocycles. The second kappa shape index (κ2) is 12.4. The molecule has 1 aliphatic heterocycles. The minimum Gasteiger partial charge on any atom is -0.481 e. The topological polar surface area (TPSA) is 105 Å². The molecular weight excluding hydrogens is 596 g/mol. The Balaban J connectivity index is 1.31. The number of aliphatic carboxylic acids is 1. The summed E-state index contributed by atoms with van der Waals surface area (Å²) < 4.78 is 35.1. The molecular formula is C38H34N2O5S. The lowest BCUT2D eigenvalue weighted by Gasteiger charge is -2.32. The summed E-state index contributed by atoms with van der Waals surface area (Å²) in [5.74, 6) is -0.465. The van der Waals surface area contributed by atoms with Crippen LogP contribution in [0.2, 0.25) is 0 Å². The zero-order valence-corrected chi connectivity index (χ0v) is 25.9. The van der Waals surface area contributed by atoms with Gasteiger partial charge in [0.1, 0.15) is 11.5 Å². The van der Waals surface area contributed by atoms with E-state index in [0.29, 0.717) is 42.7 Å². The second-order valence-electron chi connectivity index (χ2n) is 11.9. The summed E-state index contributed by atoms with van der Waals surface area (Å²) in [6.45, 7) is 0. The van der Waals surface area contributed by atoms with Gasteiger partial charge in [0, 0.05) is 51.9 Å². The summed E-state index contributed by atoms with van der Waals surface area (Å²) in [6.07, 6.45) is 1.38. The third kappa shape index (κ3) is 5.84. The zero-order valence-electron chi connectivity index (χ0n) is 25.1. The number of carbonyl (C=O) groups is 1. The number of carboxylic acids is 1. The summed E-state index contributed by atoms with van der Waals surface area (Å²) in [5, 5.41) is 15.7. The summed E-state index contributed by atoms with van der Waals surface area (Å²) >= 11 is 0. The Kier molecular flexibility index (Phi) is 7.96. The maximum Gasteiger partial charge on any atom is 0.306 e. The summed E-state index contributed by atoms with van der Waals surface area (Å²) in [7, 11) is -3.75. The van der Waals surface area contributed by atoms with Crippen molar-refractivity contribution < 1.29 is 23.1 Å². The highest BCUT2D eigenvalue weighted by molar-refractivity contribution is 7.92. The van der Waals surface area contributed by atoms with Crippen LogP contribution in [-0.2, 0) is 14.6 Å². The van der Waals surface area contributed by atoms with Crippen molar-refractivity contribution in [2.24, 2.45) is 5.92 Å². The lowest BCUT2D eigenvalue weighted by molar-refractivity contribution is -0.142. The fourth-order valence-corrected chi connectivity index (χ4v) is 8.69. The smallest absolute Gasteiger partial charge is 0.306 e. The van der Waals surface area contributed by atoms with E-state index in [1.165, 1.54) is 0 Å². The molecule has 1 saturated carbocycles. The van der Waals surface area contributed by atoms with Crippen molar-refractivity contribution in [2.75, 3.05) is 10.6 Å². The van der Waals surface area contributed by atoms with Crippen LogP contribution in [0.1, 0.15) is 48.3 Å². The van der Waals surface area contributed by atoms with Gasteiger partial charge in [-0.1, -0.05) is 66.7 Å². The van der Waals surface area contributed by atoms with Crippen molar-refractivity contribution in [3.63, 3.8) is 0 Å². The van der Waals surface area contributed by atoms with Gasteiger partial charge in [-0.15, -0.1) is 0 Å². The molecule has 232 valence electrons. The normalized spacial score (nSPS) is 17.7. The van der Waals surface area contributed by atoms with E-state index in [1.54, 1.807) is 12.1 Å². The fourth-order valence-electron chi connectivity index (χ4n) is 6.65. The van der Waals surface area contributed by atoms with Crippen LogP contribution in [0.4, 0.5) is 22.7 Å². The van der Waals surface area contributed by atoms with Gasteiger partial charge in [-0.3, -0.25) is 4.79 Å². The van der Waals surface area contributed by atoms with Gasteiger partial charge in [0.25, 0.3) is 0 Å². The lowest BCUT2D eigenvalue weighted by atomic mass is 9.82. The van der Waals surface area contributed by atoms with Gasteiger partial charge in [0.05, 0.1) is 16.1 Å². The molecule has 8 heteroatoms. The van der Waals surface area contributed by atoms with E-state index < -0.39 is 32.9 Å². The summed E-state index contributed by atoms with van der Waals surface area (Å²) in [5.41, 5.74) is 6.00. The standard InChI is InChI=1S/C38H34N2O5S/c41-38(42)25-15-19-30(20-16-25)46(43,44)36-14-8-7-13-33(36)37-31-21-17-28(39-26-9-3-1-4-10-26)23-34(31)45-35-24-29(18-22-32(35)37)40-27-11-5-2-6-12-27/h1-14,17-18,21-25,30,37,39-40H,15-16,19-20H2,(H,41,42). The molecule has 0 radical (unpaired) electrons. The van der Waals surface area contributed by atoms with Crippen LogP contribution in [0.3, 0.4) is 0 Å². The third-order valence-electron chi connectivity index (χ3n) is 8.99. The van der Waals surface area contributed by atoms with E-state index in [0.717, 1.165) is 33.9 Å². The first-order chi connectivity index (χ1) is 22.4. The van der Waals surface area contributed by atoms with Gasteiger partial charge < -0.3 is 20.5 Å². The Bertz CT molecular complexity index is 1900. The molecule has 7 nitrogen and oxygen atoms in total. The third-order valence-corrected chi connectivity index (χ3v) is 11.3. The van der Waals surface area contributed by atoms with Crippen LogP contribution >= 0.6 is 0 Å². The van der Waals surface area contributed by atoms with E-state index in [4.69, 9.17) is 4.74 Å². The fraction of sp³-hybridized carbons (Fsp3) is 0.184. The summed E-state index contributed by atoms with van der Waals surface area (Å²) in [6, 6.07) is 38.9. The average molecular weight is 631 g/mol. The molecule has 0 amide bonds. The quantitative estimate of drug-likeness (QED) is 0.154. The number of para-hydroxylation sites is 2. The van der Waals surface area contributed by atoms with Gasteiger partial charge >= 0.3 is 5.97 Å². The van der Waals surface area contributed by atoms with Crippen LogP contribution in [0.5, 0.6) is 11.5 Å². The minimum atomic E-state index is -3.75. The minimum absolute atomic E-state index is 0.288. The Labute approximate surface area is 268 Å². The predicted molar refractivity (Wildman–Crippen MR) is 180 cm³/mol. The van der Waals surface area contributed by atoms with Crippen molar-refractivity contribution in [3.8, 4) is 11.5 Å². The number of ether oxygens (including phenoxy) is 1. The average Bonchev–Trinajstić information content (AvgIpc) is 3.08. The number of rotatable bonds is 8. The highest BCUT2D eigenvalue weighted by atomic mass is 32.2. The second-order valence-corrected chi connectivity index (χ2v) is 14.1. The van der Waals surface area contributed by atoms with Gasteiger partial charge in [0.15, 0.2) is 9.84 Å². The van der Waals surface area contributed by atoms with Gasteiger partial charge in [-0.05, 0) is 73.7 Å². The Morgan fingerprint density at radius 3 is 1.63 bits per heavy atom. The molecule has 0 unspecified atom stereocenters. The molecule has 5 aromatic rings. The first-order valence-electron chi connectivity index (χ1n) is 15.5. The number of hydrogen-bond donors (Lipinski definition) is 3. The molecule has 2 aliphatic rings. The monoisotopic (exact) mass is 630 g/mol. The number of nitrogens with one attached hydrogen (secondary N) is 2. The molecule has 0 bridgehead atoms. The van der Waals surface area contributed by atoms with E-state index in [9.17, 15) is 18.3 Å². The molecule has 1 heterocycles. The molecule has 0 saturated heterocycles. The van der Waals surface area contributed by atoms with E-state index in [1.807, 2.05) is 109 Å². The maximum absolute atomic E-state index is 14.3. The van der Waals surface area contributed by atoms with Crippen molar-refractivity contribution in [1.82, 2.24) is 0 Å². The number of anilines is 4. The molecule has 0 aromatic heterocycles. The van der Waals surface area contributed by atoms with Crippen LogP contribution < -0.4 is 15.4 Å². The number of benzene rings is 5.